The number of hydrogen-bond acceptors (Lipinski definition) is 6. The van der Waals surface area contributed by atoms with Gasteiger partial charge < -0.3 is 19.5 Å². The predicted molar refractivity (Wildman–Crippen MR) is 166 cm³/mol. The Balaban J connectivity index is 1.58. The van der Waals surface area contributed by atoms with Crippen molar-refractivity contribution in [2.75, 3.05) is 20.3 Å². The van der Waals surface area contributed by atoms with Crippen molar-refractivity contribution in [2.45, 2.75) is 65.9 Å². The van der Waals surface area contributed by atoms with Crippen LogP contribution in [0.4, 0.5) is 0 Å². The van der Waals surface area contributed by atoms with Crippen LogP contribution in [-0.2, 0) is 20.9 Å². The van der Waals surface area contributed by atoms with Gasteiger partial charge >= 0.3 is 5.97 Å². The average Bonchev–Trinajstić information content (AvgIpc) is 2.90. The lowest BCUT2D eigenvalue weighted by Gasteiger charge is -2.49. The zero-order valence-corrected chi connectivity index (χ0v) is 26.7. The fourth-order valence-corrected chi connectivity index (χ4v) is 7.23. The third-order valence-corrected chi connectivity index (χ3v) is 9.04. The number of carboxylic acids is 1. The Morgan fingerprint density at radius 3 is 1.88 bits per heavy atom. The number of aromatic carboxylic acids is 1. The second kappa shape index (κ2) is 11.8. The molecule has 0 radical (unpaired) electrons. The molecule has 0 aromatic heterocycles. The summed E-state index contributed by atoms with van der Waals surface area (Å²) >= 11 is 13.6. The van der Waals surface area contributed by atoms with Gasteiger partial charge in [-0.05, 0) is 59.1 Å². The summed E-state index contributed by atoms with van der Waals surface area (Å²) in [6, 6.07) is 9.86. The lowest BCUT2D eigenvalue weighted by molar-refractivity contribution is -0.119. The van der Waals surface area contributed by atoms with E-state index in [0.717, 1.165) is 17.0 Å². The monoisotopic (exact) mass is 625 g/mol. The number of Topliss-reactive ketones (excluding diaryl/α,β-unsaturated/α-hetero) is 2. The largest absolute Gasteiger partial charge is 0.486 e. The van der Waals surface area contributed by atoms with Gasteiger partial charge in [0.2, 0.25) is 0 Å². The highest BCUT2D eigenvalue weighted by Gasteiger charge is 2.49. The van der Waals surface area contributed by atoms with Crippen molar-refractivity contribution in [3.05, 3.63) is 85.7 Å². The van der Waals surface area contributed by atoms with Gasteiger partial charge in [-0.3, -0.25) is 9.59 Å². The molecule has 0 amide bonds. The number of allylic oxidation sites excluding steroid dienone is 4. The molecule has 0 saturated carbocycles. The number of nitrogens with zero attached hydrogens (tertiary/aromatic N) is 1. The van der Waals surface area contributed by atoms with Crippen LogP contribution in [0.5, 0.6) is 5.75 Å². The normalized spacial score (nSPS) is 19.8. The first-order valence-electron chi connectivity index (χ1n) is 14.4. The molecule has 1 N–H and O–H groups in total. The van der Waals surface area contributed by atoms with E-state index in [-0.39, 0.29) is 50.4 Å². The molecule has 0 atom stereocenters. The average molecular weight is 627 g/mol. The van der Waals surface area contributed by atoms with Crippen molar-refractivity contribution < 1.29 is 29.0 Å². The highest BCUT2D eigenvalue weighted by molar-refractivity contribution is 6.37. The number of ether oxygens (including phenoxy) is 2. The molecule has 5 rings (SSSR count). The maximum Gasteiger partial charge on any atom is 0.335 e. The number of carboxylic acid groups (broad SMARTS) is 1. The molecule has 2 aliphatic carbocycles. The van der Waals surface area contributed by atoms with Crippen LogP contribution >= 0.6 is 23.2 Å². The number of ketones is 2. The van der Waals surface area contributed by atoms with Gasteiger partial charge in [-0.25, -0.2) is 4.79 Å². The lowest BCUT2D eigenvalue weighted by atomic mass is 9.63. The smallest absolute Gasteiger partial charge is 0.335 e. The molecule has 2 aromatic rings. The molecule has 43 heavy (non-hydrogen) atoms. The highest BCUT2D eigenvalue weighted by atomic mass is 35.5. The molecular formula is C34H37Cl2NO6. The van der Waals surface area contributed by atoms with Crippen molar-refractivity contribution in [3.8, 4) is 5.75 Å². The van der Waals surface area contributed by atoms with Gasteiger partial charge in [0, 0.05) is 55.0 Å². The van der Waals surface area contributed by atoms with Gasteiger partial charge in [0.15, 0.2) is 17.3 Å². The molecule has 0 fully saturated rings. The Kier molecular flexibility index (Phi) is 8.55. The second-order valence-corrected chi connectivity index (χ2v) is 14.1. The third-order valence-electron chi connectivity index (χ3n) is 8.48. The van der Waals surface area contributed by atoms with Gasteiger partial charge in [-0.2, -0.15) is 0 Å². The van der Waals surface area contributed by atoms with Crippen LogP contribution in [0.15, 0.2) is 58.9 Å². The Morgan fingerprint density at radius 1 is 0.907 bits per heavy atom. The zero-order chi connectivity index (χ0) is 31.3. The third kappa shape index (κ3) is 6.26. The fraction of sp³-hybridized carbons (Fsp3) is 0.441. The number of carbonyl (C=O) groups is 3. The highest BCUT2D eigenvalue weighted by Crippen LogP contribution is 2.55. The summed E-state index contributed by atoms with van der Waals surface area (Å²) in [6.07, 6.45) is 2.16. The van der Waals surface area contributed by atoms with E-state index in [0.29, 0.717) is 55.5 Å². The molecule has 3 aliphatic rings. The topological polar surface area (TPSA) is 93.1 Å². The lowest BCUT2D eigenvalue weighted by Crippen LogP contribution is -2.45. The van der Waals surface area contributed by atoms with E-state index in [1.54, 1.807) is 31.4 Å². The molecule has 0 spiro atoms. The SMILES string of the molecule is COCCN1C2=C(C(=O)CC(C)(C)C2)C(c2cc(Cl)c(OCc3ccc(C(=O)O)cc3)c(Cl)c2)C2=C1CC(C)(C)CC2=O. The summed E-state index contributed by atoms with van der Waals surface area (Å²) < 4.78 is 11.4. The summed E-state index contributed by atoms with van der Waals surface area (Å²) in [4.78, 5) is 41.2. The van der Waals surface area contributed by atoms with E-state index >= 15 is 0 Å². The summed E-state index contributed by atoms with van der Waals surface area (Å²) in [5.74, 6) is -1.25. The van der Waals surface area contributed by atoms with E-state index in [9.17, 15) is 14.4 Å². The van der Waals surface area contributed by atoms with Crippen LogP contribution in [0.1, 0.15) is 80.8 Å². The van der Waals surface area contributed by atoms with Crippen molar-refractivity contribution in [2.24, 2.45) is 10.8 Å². The predicted octanol–water partition coefficient (Wildman–Crippen LogP) is 7.60. The van der Waals surface area contributed by atoms with Crippen LogP contribution in [0.2, 0.25) is 10.0 Å². The summed E-state index contributed by atoms with van der Waals surface area (Å²) in [5.41, 5.74) is 4.33. The molecule has 1 heterocycles. The number of methoxy groups -OCH3 is 1. The minimum atomic E-state index is -1.00. The molecule has 0 unspecified atom stereocenters. The minimum Gasteiger partial charge on any atom is -0.486 e. The van der Waals surface area contributed by atoms with Crippen LogP contribution in [0.3, 0.4) is 0 Å². The van der Waals surface area contributed by atoms with Crippen LogP contribution < -0.4 is 4.74 Å². The number of rotatable bonds is 8. The summed E-state index contributed by atoms with van der Waals surface area (Å²) in [7, 11) is 1.65. The van der Waals surface area contributed by atoms with E-state index in [1.165, 1.54) is 12.1 Å². The second-order valence-electron chi connectivity index (χ2n) is 13.3. The van der Waals surface area contributed by atoms with Crippen molar-refractivity contribution in [1.82, 2.24) is 4.90 Å². The Labute approximate surface area is 262 Å². The molecule has 2 aromatic carbocycles. The van der Waals surface area contributed by atoms with Gasteiger partial charge in [-0.1, -0.05) is 63.0 Å². The Morgan fingerprint density at radius 2 is 1.42 bits per heavy atom. The summed E-state index contributed by atoms with van der Waals surface area (Å²) in [6.45, 7) is 9.56. The minimum absolute atomic E-state index is 0.0280. The van der Waals surface area contributed by atoms with Crippen molar-refractivity contribution in [3.63, 3.8) is 0 Å². The Bertz CT molecular complexity index is 1480. The maximum absolute atomic E-state index is 13.9. The first kappa shape index (κ1) is 31.3. The zero-order valence-electron chi connectivity index (χ0n) is 25.2. The van der Waals surface area contributed by atoms with Gasteiger partial charge in [0.25, 0.3) is 0 Å². The van der Waals surface area contributed by atoms with E-state index in [1.807, 2.05) is 0 Å². The van der Waals surface area contributed by atoms with Crippen LogP contribution in [0, 0.1) is 10.8 Å². The quantitative estimate of drug-likeness (QED) is 0.323. The number of benzene rings is 2. The van der Waals surface area contributed by atoms with Gasteiger partial charge in [0.05, 0.1) is 22.2 Å². The van der Waals surface area contributed by atoms with E-state index in [4.69, 9.17) is 37.8 Å². The van der Waals surface area contributed by atoms with Crippen molar-refractivity contribution in [1.29, 1.82) is 0 Å². The van der Waals surface area contributed by atoms with Crippen molar-refractivity contribution >= 4 is 40.7 Å². The number of hydrogen-bond donors (Lipinski definition) is 1. The summed E-state index contributed by atoms with van der Waals surface area (Å²) in [5, 5.41) is 9.68. The standard InChI is InChI=1S/C34H37Cl2NO6/c1-33(2)14-24-29(26(38)16-33)28(30-25(37(24)10-11-42-5)15-34(3,4)17-27(30)39)21-12-22(35)31(23(36)13-21)43-18-19-6-8-20(9-7-19)32(40)41/h6-9,12-13,28H,10-11,14-18H2,1-5H3,(H,40,41). The van der Waals surface area contributed by atoms with Crippen LogP contribution in [0.25, 0.3) is 0 Å². The number of carbonyl (C=O) groups excluding carboxylic acids is 2. The van der Waals surface area contributed by atoms with E-state index in [2.05, 4.69) is 32.6 Å². The van der Waals surface area contributed by atoms with E-state index < -0.39 is 11.9 Å². The fourth-order valence-electron chi connectivity index (χ4n) is 6.62. The molecular weight excluding hydrogens is 589 g/mol. The number of halogens is 2. The molecule has 1 aliphatic heterocycles. The molecule has 0 saturated heterocycles. The molecule has 9 heteroatoms. The Hall–Kier alpha value is -3.13. The molecule has 7 nitrogen and oxygen atoms in total. The van der Waals surface area contributed by atoms with Crippen LogP contribution in [-0.4, -0.2) is 47.8 Å². The van der Waals surface area contributed by atoms with Gasteiger partial charge in [-0.15, -0.1) is 0 Å². The first-order chi connectivity index (χ1) is 20.2. The maximum atomic E-state index is 13.9. The molecule has 228 valence electrons. The van der Waals surface area contributed by atoms with Gasteiger partial charge in [0.1, 0.15) is 6.61 Å². The first-order valence-corrected chi connectivity index (χ1v) is 15.2. The molecule has 0 bridgehead atoms.